The highest BCUT2D eigenvalue weighted by atomic mass is 16.5. The first-order valence-corrected chi connectivity index (χ1v) is 13.2. The van der Waals surface area contributed by atoms with Crippen LogP contribution in [0.25, 0.3) is 22.2 Å². The standard InChI is InChI=1S/C30H32N6O2/c1-34(22-11-12-22)16-5-8-27(37)35-17-15-23(18-35)36-19-26(28-29(31)32-20-33-30(28)36)21-9-13-25(14-10-21)38-24-6-3-2-4-7-24/h2-10,13-14,19-20,22-23H,11-12,15-18H2,1H3,(H2,31,32,33)/b8-5+/t23-/m1/s1. The summed E-state index contributed by atoms with van der Waals surface area (Å²) in [6.07, 6.45) is 10.7. The Labute approximate surface area is 222 Å². The average Bonchev–Trinajstić information content (AvgIpc) is 3.54. The number of fused-ring (bicyclic) bond motifs is 1. The van der Waals surface area contributed by atoms with Crippen LogP contribution < -0.4 is 10.5 Å². The van der Waals surface area contributed by atoms with Gasteiger partial charge in [-0.2, -0.15) is 0 Å². The second kappa shape index (κ2) is 10.3. The maximum Gasteiger partial charge on any atom is 0.246 e. The Balaban J connectivity index is 1.21. The number of anilines is 1. The lowest BCUT2D eigenvalue weighted by molar-refractivity contribution is -0.125. The summed E-state index contributed by atoms with van der Waals surface area (Å²) in [5.74, 6) is 2.06. The van der Waals surface area contributed by atoms with Gasteiger partial charge in [0.1, 0.15) is 29.3 Å². The topological polar surface area (TPSA) is 89.5 Å². The van der Waals surface area contributed by atoms with E-state index in [1.807, 2.05) is 65.6 Å². The third-order valence-electron chi connectivity index (χ3n) is 7.48. The Hall–Kier alpha value is -4.17. The van der Waals surface area contributed by atoms with E-state index < -0.39 is 0 Å². The fraction of sp³-hybridized carbons (Fsp3) is 0.300. The van der Waals surface area contributed by atoms with Crippen LogP contribution in [0.2, 0.25) is 0 Å². The number of nitrogen functional groups attached to an aromatic ring is 1. The molecule has 1 amide bonds. The largest absolute Gasteiger partial charge is 0.457 e. The van der Waals surface area contributed by atoms with Gasteiger partial charge in [-0.3, -0.25) is 9.69 Å². The summed E-state index contributed by atoms with van der Waals surface area (Å²) in [5, 5.41) is 0.831. The third-order valence-corrected chi connectivity index (χ3v) is 7.48. The van der Waals surface area contributed by atoms with Crippen molar-refractivity contribution in [1.82, 2.24) is 24.3 Å². The summed E-state index contributed by atoms with van der Waals surface area (Å²) >= 11 is 0. The summed E-state index contributed by atoms with van der Waals surface area (Å²) in [6.45, 7) is 2.16. The minimum atomic E-state index is 0.0662. The van der Waals surface area contributed by atoms with Crippen molar-refractivity contribution in [2.24, 2.45) is 0 Å². The highest BCUT2D eigenvalue weighted by Crippen LogP contribution is 2.37. The number of likely N-dealkylation sites (N-methyl/N-ethyl adjacent to an activating group) is 1. The molecule has 6 rings (SSSR count). The quantitative estimate of drug-likeness (QED) is 0.341. The Morgan fingerprint density at radius 2 is 1.84 bits per heavy atom. The number of benzene rings is 2. The van der Waals surface area contributed by atoms with E-state index in [0.717, 1.165) is 46.6 Å². The van der Waals surface area contributed by atoms with E-state index in [1.54, 1.807) is 6.08 Å². The fourth-order valence-electron chi connectivity index (χ4n) is 5.19. The average molecular weight is 509 g/mol. The summed E-state index contributed by atoms with van der Waals surface area (Å²) in [4.78, 5) is 25.9. The number of nitrogens with zero attached hydrogens (tertiary/aromatic N) is 5. The molecule has 1 aliphatic carbocycles. The maximum atomic E-state index is 12.9. The van der Waals surface area contributed by atoms with Crippen molar-refractivity contribution in [3.05, 3.63) is 79.3 Å². The molecule has 8 heteroatoms. The molecule has 0 bridgehead atoms. The Morgan fingerprint density at radius 1 is 1.08 bits per heavy atom. The Kier molecular flexibility index (Phi) is 6.55. The van der Waals surface area contributed by atoms with Gasteiger partial charge in [0.25, 0.3) is 0 Å². The van der Waals surface area contributed by atoms with Gasteiger partial charge in [0.2, 0.25) is 5.91 Å². The van der Waals surface area contributed by atoms with Crippen molar-refractivity contribution in [2.75, 3.05) is 32.4 Å². The van der Waals surface area contributed by atoms with E-state index in [9.17, 15) is 4.79 Å². The lowest BCUT2D eigenvalue weighted by Gasteiger charge is -2.16. The van der Waals surface area contributed by atoms with Crippen molar-refractivity contribution in [2.45, 2.75) is 31.3 Å². The molecule has 0 spiro atoms. The molecule has 1 aliphatic heterocycles. The number of hydrogen-bond acceptors (Lipinski definition) is 6. The number of aromatic nitrogens is 3. The molecule has 2 aromatic heterocycles. The van der Waals surface area contributed by atoms with Crippen molar-refractivity contribution in [1.29, 1.82) is 0 Å². The lowest BCUT2D eigenvalue weighted by Crippen LogP contribution is -2.28. The van der Waals surface area contributed by atoms with Gasteiger partial charge in [-0.15, -0.1) is 0 Å². The second-order valence-corrected chi connectivity index (χ2v) is 10.1. The van der Waals surface area contributed by atoms with Crippen LogP contribution >= 0.6 is 0 Å². The maximum absolute atomic E-state index is 12.9. The van der Waals surface area contributed by atoms with E-state index in [0.29, 0.717) is 24.9 Å². The van der Waals surface area contributed by atoms with E-state index >= 15 is 0 Å². The number of nitrogens with two attached hydrogens (primary N) is 1. The summed E-state index contributed by atoms with van der Waals surface area (Å²) < 4.78 is 8.12. The zero-order chi connectivity index (χ0) is 26.1. The number of hydrogen-bond donors (Lipinski definition) is 1. The van der Waals surface area contributed by atoms with Gasteiger partial charge < -0.3 is 19.9 Å². The number of carbonyl (C=O) groups is 1. The molecule has 2 fully saturated rings. The number of amides is 1. The molecule has 0 radical (unpaired) electrons. The van der Waals surface area contributed by atoms with Crippen LogP contribution in [-0.4, -0.2) is 63.0 Å². The second-order valence-electron chi connectivity index (χ2n) is 10.1. The highest BCUT2D eigenvalue weighted by Gasteiger charge is 2.29. The van der Waals surface area contributed by atoms with Gasteiger partial charge in [0, 0.05) is 43.5 Å². The minimum absolute atomic E-state index is 0.0662. The molecular formula is C30H32N6O2. The predicted octanol–water partition coefficient (Wildman–Crippen LogP) is 4.90. The molecule has 1 saturated carbocycles. The van der Waals surface area contributed by atoms with Crippen LogP contribution in [0.15, 0.2) is 79.3 Å². The lowest BCUT2D eigenvalue weighted by atomic mass is 10.1. The Bertz CT molecular complexity index is 1460. The minimum Gasteiger partial charge on any atom is -0.457 e. The summed E-state index contributed by atoms with van der Waals surface area (Å²) in [7, 11) is 2.12. The molecule has 4 aromatic rings. The molecule has 8 nitrogen and oxygen atoms in total. The monoisotopic (exact) mass is 508 g/mol. The molecule has 2 aliphatic rings. The van der Waals surface area contributed by atoms with E-state index in [4.69, 9.17) is 10.5 Å². The summed E-state index contributed by atoms with van der Waals surface area (Å²) in [5.41, 5.74) is 9.12. The van der Waals surface area contributed by atoms with Gasteiger partial charge in [0.15, 0.2) is 0 Å². The van der Waals surface area contributed by atoms with E-state index in [2.05, 4.69) is 32.7 Å². The molecule has 3 heterocycles. The van der Waals surface area contributed by atoms with Gasteiger partial charge >= 0.3 is 0 Å². The smallest absolute Gasteiger partial charge is 0.246 e. The van der Waals surface area contributed by atoms with E-state index in [1.165, 1.54) is 19.2 Å². The number of likely N-dealkylation sites (tertiary alicyclic amines) is 1. The predicted molar refractivity (Wildman–Crippen MR) is 149 cm³/mol. The third kappa shape index (κ3) is 4.99. The molecule has 2 N–H and O–H groups in total. The van der Waals surface area contributed by atoms with Crippen LogP contribution in [0.3, 0.4) is 0 Å². The van der Waals surface area contributed by atoms with Crippen molar-refractivity contribution in [3.8, 4) is 22.6 Å². The molecule has 38 heavy (non-hydrogen) atoms. The van der Waals surface area contributed by atoms with Crippen LogP contribution in [0, 0.1) is 0 Å². The molecule has 1 saturated heterocycles. The van der Waals surface area contributed by atoms with Gasteiger partial charge in [0.05, 0.1) is 11.4 Å². The van der Waals surface area contributed by atoms with Gasteiger partial charge in [-0.05, 0) is 56.1 Å². The number of para-hydroxylation sites is 1. The summed E-state index contributed by atoms with van der Waals surface area (Å²) in [6, 6.07) is 18.5. The van der Waals surface area contributed by atoms with Gasteiger partial charge in [-0.25, -0.2) is 9.97 Å². The van der Waals surface area contributed by atoms with Crippen molar-refractivity contribution < 1.29 is 9.53 Å². The first-order chi connectivity index (χ1) is 18.6. The number of carbonyl (C=O) groups excluding carboxylic acids is 1. The zero-order valence-corrected chi connectivity index (χ0v) is 21.5. The number of rotatable bonds is 8. The van der Waals surface area contributed by atoms with Crippen LogP contribution in [0.4, 0.5) is 5.82 Å². The SMILES string of the molecule is CN(C/C=C/C(=O)N1CC[C@@H](n2cc(-c3ccc(Oc4ccccc4)cc3)c3c(N)ncnc32)C1)C1CC1. The molecule has 2 aromatic carbocycles. The molecular weight excluding hydrogens is 476 g/mol. The molecule has 194 valence electrons. The van der Waals surface area contributed by atoms with Crippen molar-refractivity contribution in [3.63, 3.8) is 0 Å². The Morgan fingerprint density at radius 3 is 2.61 bits per heavy atom. The first kappa shape index (κ1) is 24.2. The fourth-order valence-corrected chi connectivity index (χ4v) is 5.19. The van der Waals surface area contributed by atoms with Gasteiger partial charge in [-0.1, -0.05) is 36.4 Å². The van der Waals surface area contributed by atoms with Crippen molar-refractivity contribution >= 4 is 22.8 Å². The first-order valence-electron chi connectivity index (χ1n) is 13.2. The van der Waals surface area contributed by atoms with Crippen LogP contribution in [-0.2, 0) is 4.79 Å². The normalized spacial score (nSPS) is 17.6. The van der Waals surface area contributed by atoms with Crippen LogP contribution in [0.5, 0.6) is 11.5 Å². The highest BCUT2D eigenvalue weighted by molar-refractivity contribution is 6.00. The van der Waals surface area contributed by atoms with Crippen LogP contribution in [0.1, 0.15) is 25.3 Å². The number of ether oxygens (including phenoxy) is 1. The van der Waals surface area contributed by atoms with E-state index in [-0.39, 0.29) is 11.9 Å². The molecule has 0 unspecified atom stereocenters. The zero-order valence-electron chi connectivity index (χ0n) is 21.5. The molecule has 1 atom stereocenters.